The van der Waals surface area contributed by atoms with E-state index < -0.39 is 15.8 Å². The highest BCUT2D eigenvalue weighted by Gasteiger charge is 2.21. The van der Waals surface area contributed by atoms with Crippen LogP contribution in [0.25, 0.3) is 22.2 Å². The summed E-state index contributed by atoms with van der Waals surface area (Å²) in [5.74, 6) is -1.48. The summed E-state index contributed by atoms with van der Waals surface area (Å²) in [5, 5.41) is 18.3. The second-order valence-electron chi connectivity index (χ2n) is 7.66. The van der Waals surface area contributed by atoms with E-state index in [0.29, 0.717) is 22.2 Å². The van der Waals surface area contributed by atoms with Crippen molar-refractivity contribution in [3.05, 3.63) is 88.6 Å². The molecular formula is C25H18ClN5O4S. The van der Waals surface area contributed by atoms with E-state index in [9.17, 15) is 18.5 Å². The van der Waals surface area contributed by atoms with Crippen molar-refractivity contribution in [2.45, 2.75) is 10.6 Å². The third kappa shape index (κ3) is 5.12. The van der Waals surface area contributed by atoms with Crippen LogP contribution in [0.4, 0.5) is 5.95 Å². The van der Waals surface area contributed by atoms with Gasteiger partial charge in [-0.3, -0.25) is 0 Å². The molecule has 1 heterocycles. The van der Waals surface area contributed by atoms with Crippen molar-refractivity contribution in [1.82, 2.24) is 9.97 Å². The molecule has 0 atom stereocenters. The smallest absolute Gasteiger partial charge is 0.338 e. The van der Waals surface area contributed by atoms with Gasteiger partial charge in [-0.05, 0) is 34.9 Å². The Morgan fingerprint density at radius 3 is 2.58 bits per heavy atom. The van der Waals surface area contributed by atoms with Crippen molar-refractivity contribution in [2.24, 2.45) is 10.7 Å². The maximum Gasteiger partial charge on any atom is 0.338 e. The number of nitrogens with two attached hydrogens (primary N) is 1. The first-order valence-corrected chi connectivity index (χ1v) is 12.4. The van der Waals surface area contributed by atoms with Gasteiger partial charge in [-0.15, -0.1) is 0 Å². The number of benzene rings is 3. The number of halogens is 1. The number of aromatic amines is 1. The number of nitrogens with zero attached hydrogens (tertiary/aromatic N) is 3. The summed E-state index contributed by atoms with van der Waals surface area (Å²) in [5.41, 5.74) is 8.38. The minimum absolute atomic E-state index is 0.00261. The summed E-state index contributed by atoms with van der Waals surface area (Å²) in [7, 11) is -3.83. The van der Waals surface area contributed by atoms with Gasteiger partial charge < -0.3 is 15.8 Å². The van der Waals surface area contributed by atoms with Gasteiger partial charge in [0.05, 0.1) is 43.9 Å². The first-order valence-electron chi connectivity index (χ1n) is 10.4. The predicted octanol–water partition coefficient (Wildman–Crippen LogP) is 4.36. The van der Waals surface area contributed by atoms with Crippen LogP contribution in [0, 0.1) is 11.3 Å². The van der Waals surface area contributed by atoms with Crippen LogP contribution in [-0.4, -0.2) is 35.7 Å². The monoisotopic (exact) mass is 519 g/mol. The number of nitrogens with one attached hydrogen (secondary N) is 1. The maximum absolute atomic E-state index is 13.2. The molecule has 0 aliphatic rings. The molecule has 3 aromatic carbocycles. The molecule has 180 valence electrons. The van der Waals surface area contributed by atoms with E-state index in [4.69, 9.17) is 22.4 Å². The number of imidazole rings is 1. The number of aromatic nitrogens is 2. The zero-order valence-electron chi connectivity index (χ0n) is 18.5. The molecule has 4 aromatic rings. The highest BCUT2D eigenvalue weighted by molar-refractivity contribution is 7.90. The van der Waals surface area contributed by atoms with Gasteiger partial charge in [0, 0.05) is 12.4 Å². The lowest BCUT2D eigenvalue weighted by molar-refractivity contribution is -0.132. The fraction of sp³-hybridized carbons (Fsp3) is 0.0400. The van der Waals surface area contributed by atoms with Crippen LogP contribution in [0.2, 0.25) is 5.02 Å². The van der Waals surface area contributed by atoms with Crippen LogP contribution >= 0.6 is 11.6 Å². The summed E-state index contributed by atoms with van der Waals surface area (Å²) in [4.78, 5) is 21.9. The topological polar surface area (TPSA) is 162 Å². The Labute approximate surface area is 211 Å². The molecule has 0 fully saturated rings. The predicted molar refractivity (Wildman–Crippen MR) is 137 cm³/mol. The van der Waals surface area contributed by atoms with Crippen LogP contribution in [-0.2, 0) is 20.4 Å². The third-order valence-electron chi connectivity index (χ3n) is 5.28. The Kier molecular flexibility index (Phi) is 6.87. The van der Waals surface area contributed by atoms with Gasteiger partial charge in [-0.1, -0.05) is 54.1 Å². The lowest BCUT2D eigenvalue weighted by atomic mass is 10.00. The molecule has 9 nitrogen and oxygen atoms in total. The number of H-pyrrole nitrogens is 1. The fourth-order valence-corrected chi connectivity index (χ4v) is 5.46. The number of hydrogen-bond acceptors (Lipinski definition) is 7. The summed E-state index contributed by atoms with van der Waals surface area (Å²) >= 11 is 6.29. The van der Waals surface area contributed by atoms with Crippen molar-refractivity contribution >= 4 is 50.6 Å². The molecular weight excluding hydrogens is 502 g/mol. The molecule has 0 aliphatic heterocycles. The molecule has 0 bridgehead atoms. The number of carboxylic acid groups (broad SMARTS) is 1. The molecule has 0 unspecified atom stereocenters. The number of rotatable bonds is 7. The zero-order valence-corrected chi connectivity index (χ0v) is 20.1. The van der Waals surface area contributed by atoms with E-state index in [1.165, 1.54) is 12.1 Å². The highest BCUT2D eigenvalue weighted by Crippen LogP contribution is 2.31. The Bertz CT molecular complexity index is 1680. The number of carboxylic acids is 1. The Hall–Kier alpha value is -4.46. The van der Waals surface area contributed by atoms with E-state index >= 15 is 0 Å². The van der Waals surface area contributed by atoms with Gasteiger partial charge in [0.2, 0.25) is 5.95 Å². The summed E-state index contributed by atoms with van der Waals surface area (Å²) in [6.07, 6.45) is 1.92. The van der Waals surface area contributed by atoms with Crippen molar-refractivity contribution in [3.63, 3.8) is 0 Å². The van der Waals surface area contributed by atoms with Gasteiger partial charge >= 0.3 is 5.97 Å². The van der Waals surface area contributed by atoms with Gasteiger partial charge in [0.25, 0.3) is 0 Å². The average molecular weight is 520 g/mol. The molecule has 0 radical (unpaired) electrons. The number of aliphatic carboxylic acids is 1. The molecule has 36 heavy (non-hydrogen) atoms. The van der Waals surface area contributed by atoms with E-state index in [0.717, 1.165) is 23.5 Å². The largest absolute Gasteiger partial charge is 0.478 e. The first kappa shape index (κ1) is 24.7. The Morgan fingerprint density at radius 1 is 1.19 bits per heavy atom. The van der Waals surface area contributed by atoms with E-state index in [1.807, 2.05) is 12.1 Å². The lowest BCUT2D eigenvalue weighted by Gasteiger charge is -2.09. The van der Waals surface area contributed by atoms with Gasteiger partial charge in [-0.2, -0.15) is 5.26 Å². The molecule has 4 N–H and O–H groups in total. The van der Waals surface area contributed by atoms with Crippen LogP contribution in [0.5, 0.6) is 0 Å². The van der Waals surface area contributed by atoms with Crippen molar-refractivity contribution in [1.29, 1.82) is 5.26 Å². The number of aliphatic imine (C=N–C) groups is 1. The SMILES string of the molecule is N#Cc1ccccc1-c1ccc(CS(=O)(=O)c2cc3[nH]c(N=CC(=CN)C(=O)O)nc3cc2Cl)cc1. The minimum Gasteiger partial charge on any atom is -0.478 e. The number of nitriles is 1. The Balaban J connectivity index is 1.61. The number of hydrogen-bond donors (Lipinski definition) is 3. The molecule has 0 aliphatic carbocycles. The number of fused-ring (bicyclic) bond motifs is 1. The molecule has 0 saturated carbocycles. The minimum atomic E-state index is -3.83. The summed E-state index contributed by atoms with van der Waals surface area (Å²) in [6.45, 7) is 0. The second kappa shape index (κ2) is 10.0. The first-order chi connectivity index (χ1) is 17.2. The molecule has 11 heteroatoms. The van der Waals surface area contributed by atoms with E-state index in [1.54, 1.807) is 36.4 Å². The molecule has 0 saturated heterocycles. The van der Waals surface area contributed by atoms with Gasteiger partial charge in [0.1, 0.15) is 0 Å². The van der Waals surface area contributed by atoms with Crippen molar-refractivity contribution < 1.29 is 18.3 Å². The normalized spacial score (nSPS) is 12.2. The standard InChI is InChI=1S/C25H18ClN5O4S/c26-20-9-21-22(31-25(30-21)29-13-18(12-28)24(32)33)10-23(20)36(34,35)14-15-5-7-16(8-6-15)19-4-2-1-3-17(19)11-27/h1-10,12-13H,14,28H2,(H,30,31)(H,32,33). The van der Waals surface area contributed by atoms with Crippen LogP contribution in [0.1, 0.15) is 11.1 Å². The fourth-order valence-electron chi connectivity index (χ4n) is 3.51. The Morgan fingerprint density at radius 2 is 1.92 bits per heavy atom. The molecule has 0 amide bonds. The van der Waals surface area contributed by atoms with Crippen molar-refractivity contribution in [2.75, 3.05) is 0 Å². The lowest BCUT2D eigenvalue weighted by Crippen LogP contribution is -2.06. The van der Waals surface area contributed by atoms with Crippen molar-refractivity contribution in [3.8, 4) is 17.2 Å². The quantitative estimate of drug-likeness (QED) is 0.241. The number of carbonyl (C=O) groups is 1. The van der Waals surface area contributed by atoms with E-state index in [2.05, 4.69) is 21.0 Å². The molecule has 4 rings (SSSR count). The highest BCUT2D eigenvalue weighted by atomic mass is 35.5. The average Bonchev–Trinajstić information content (AvgIpc) is 3.25. The molecule has 0 spiro atoms. The maximum atomic E-state index is 13.2. The zero-order chi connectivity index (χ0) is 25.9. The van der Waals surface area contributed by atoms with Crippen LogP contribution in [0.15, 0.2) is 82.3 Å². The van der Waals surface area contributed by atoms with Gasteiger partial charge in [0.15, 0.2) is 9.84 Å². The number of sulfone groups is 1. The van der Waals surface area contributed by atoms with E-state index in [-0.39, 0.29) is 27.2 Å². The third-order valence-corrected chi connectivity index (χ3v) is 7.43. The molecule has 1 aromatic heterocycles. The summed E-state index contributed by atoms with van der Waals surface area (Å²) in [6, 6.07) is 19.0. The second-order valence-corrected chi connectivity index (χ2v) is 10.0. The van der Waals surface area contributed by atoms with Gasteiger partial charge in [-0.25, -0.2) is 23.2 Å². The summed E-state index contributed by atoms with van der Waals surface area (Å²) < 4.78 is 26.4. The van der Waals surface area contributed by atoms with Crippen LogP contribution < -0.4 is 5.73 Å². The van der Waals surface area contributed by atoms with Crippen LogP contribution in [0.3, 0.4) is 0 Å².